The van der Waals surface area contributed by atoms with Gasteiger partial charge in [0.1, 0.15) is 16.9 Å². The summed E-state index contributed by atoms with van der Waals surface area (Å²) in [4.78, 5) is 29.3. The lowest BCUT2D eigenvalue weighted by Gasteiger charge is -2.27. The van der Waals surface area contributed by atoms with Crippen LogP contribution in [-0.4, -0.2) is 44.0 Å². The van der Waals surface area contributed by atoms with Gasteiger partial charge in [-0.05, 0) is 18.6 Å². The summed E-state index contributed by atoms with van der Waals surface area (Å²) in [5, 5.41) is 9.44. The minimum atomic E-state index is -1.02. The van der Waals surface area contributed by atoms with Crippen molar-refractivity contribution in [2.75, 3.05) is 5.75 Å². The first-order valence-corrected chi connectivity index (χ1v) is 8.25. The van der Waals surface area contributed by atoms with Crippen LogP contribution in [0.1, 0.15) is 30.3 Å². The molecule has 2 heterocycles. The van der Waals surface area contributed by atoms with Crippen molar-refractivity contribution in [2.24, 2.45) is 0 Å². The van der Waals surface area contributed by atoms with Crippen LogP contribution in [0.15, 0.2) is 12.1 Å². The molecule has 1 aliphatic rings. The number of rotatable bonds is 4. The number of pyridine rings is 1. The quantitative estimate of drug-likeness (QED) is 0.846. The van der Waals surface area contributed by atoms with E-state index in [1.54, 1.807) is 0 Å². The highest BCUT2D eigenvalue weighted by Gasteiger charge is 2.42. The number of carbonyl (C=O) groups excluding carboxylic acids is 1. The second-order valence-electron chi connectivity index (χ2n) is 4.61. The number of thioether (sulfide) groups is 1. The number of carboxylic acid groups (broad SMARTS) is 1. The number of aliphatic carboxylic acids is 1. The molecule has 21 heavy (non-hydrogen) atoms. The highest BCUT2D eigenvalue weighted by Crippen LogP contribution is 2.34. The third kappa shape index (κ3) is 3.44. The fourth-order valence-electron chi connectivity index (χ4n) is 2.19. The summed E-state index contributed by atoms with van der Waals surface area (Å²) in [6.07, 6.45) is 1.57. The van der Waals surface area contributed by atoms with Gasteiger partial charge >= 0.3 is 5.97 Å². The van der Waals surface area contributed by atoms with Gasteiger partial charge in [0.25, 0.3) is 5.91 Å². The van der Waals surface area contributed by atoms with Crippen molar-refractivity contribution in [3.63, 3.8) is 0 Å². The molecule has 1 aliphatic heterocycles. The molecule has 2 unspecified atom stereocenters. The standard InChI is InChI=1S/C13H14Cl2N2O3S/c1-2-3-10-17(8(6-21-10)13(19)20)12(18)11-7(14)4-5-9(15)16-11/h4-5,8,10H,2-3,6H2,1H3,(H,19,20). The van der Waals surface area contributed by atoms with Crippen LogP contribution in [0.5, 0.6) is 0 Å². The first kappa shape index (κ1) is 16.4. The summed E-state index contributed by atoms with van der Waals surface area (Å²) in [5.41, 5.74) is -0.000908. The zero-order chi connectivity index (χ0) is 15.6. The van der Waals surface area contributed by atoms with E-state index in [9.17, 15) is 14.7 Å². The Morgan fingerprint density at radius 3 is 2.81 bits per heavy atom. The maximum atomic E-state index is 12.7. The van der Waals surface area contributed by atoms with Crippen molar-refractivity contribution in [1.82, 2.24) is 9.88 Å². The highest BCUT2D eigenvalue weighted by molar-refractivity contribution is 8.00. The van der Waals surface area contributed by atoms with Crippen LogP contribution in [0.25, 0.3) is 0 Å². The molecule has 0 radical (unpaired) electrons. The first-order chi connectivity index (χ1) is 9.95. The molecular formula is C13H14Cl2N2O3S. The van der Waals surface area contributed by atoms with Gasteiger partial charge in [-0.1, -0.05) is 36.5 Å². The van der Waals surface area contributed by atoms with Gasteiger partial charge in [-0.25, -0.2) is 9.78 Å². The van der Waals surface area contributed by atoms with Gasteiger partial charge in [0.2, 0.25) is 0 Å². The molecule has 0 saturated carbocycles. The Kier molecular flexibility index (Phi) is 5.35. The smallest absolute Gasteiger partial charge is 0.327 e. The molecule has 2 atom stereocenters. The molecule has 1 aromatic rings. The zero-order valence-electron chi connectivity index (χ0n) is 11.3. The molecule has 1 amide bonds. The van der Waals surface area contributed by atoms with Crippen LogP contribution in [0.3, 0.4) is 0 Å². The number of carbonyl (C=O) groups is 2. The molecule has 0 spiro atoms. The van der Waals surface area contributed by atoms with E-state index in [0.717, 1.165) is 12.8 Å². The van der Waals surface area contributed by atoms with E-state index in [2.05, 4.69) is 4.98 Å². The topological polar surface area (TPSA) is 70.5 Å². The number of hydrogen-bond donors (Lipinski definition) is 1. The van der Waals surface area contributed by atoms with Crippen molar-refractivity contribution < 1.29 is 14.7 Å². The fourth-order valence-corrected chi connectivity index (χ4v) is 4.03. The summed E-state index contributed by atoms with van der Waals surface area (Å²) < 4.78 is 0. The Morgan fingerprint density at radius 1 is 1.48 bits per heavy atom. The number of halogens is 2. The van der Waals surface area contributed by atoms with E-state index in [0.29, 0.717) is 5.75 Å². The van der Waals surface area contributed by atoms with E-state index >= 15 is 0 Å². The molecule has 0 bridgehead atoms. The van der Waals surface area contributed by atoms with Crippen LogP contribution in [0.4, 0.5) is 0 Å². The van der Waals surface area contributed by atoms with Gasteiger partial charge in [0.15, 0.2) is 0 Å². The molecule has 0 aliphatic carbocycles. The van der Waals surface area contributed by atoms with Gasteiger partial charge in [-0.15, -0.1) is 11.8 Å². The van der Waals surface area contributed by atoms with Crippen molar-refractivity contribution in [3.05, 3.63) is 28.0 Å². The Labute approximate surface area is 136 Å². The maximum Gasteiger partial charge on any atom is 0.327 e. The largest absolute Gasteiger partial charge is 0.480 e. The molecule has 114 valence electrons. The molecule has 1 aromatic heterocycles. The van der Waals surface area contributed by atoms with Gasteiger partial charge in [0.05, 0.1) is 10.4 Å². The zero-order valence-corrected chi connectivity index (χ0v) is 13.6. The van der Waals surface area contributed by atoms with E-state index in [-0.39, 0.29) is 21.2 Å². The van der Waals surface area contributed by atoms with Crippen LogP contribution in [0, 0.1) is 0 Å². The minimum Gasteiger partial charge on any atom is -0.480 e. The maximum absolute atomic E-state index is 12.7. The average molecular weight is 349 g/mol. The van der Waals surface area contributed by atoms with Crippen molar-refractivity contribution in [3.8, 4) is 0 Å². The predicted octanol–water partition coefficient (Wildman–Crippen LogP) is 3.16. The predicted molar refractivity (Wildman–Crippen MR) is 83.0 cm³/mol. The third-order valence-electron chi connectivity index (χ3n) is 3.16. The molecule has 1 fully saturated rings. The molecule has 2 rings (SSSR count). The lowest BCUT2D eigenvalue weighted by Crippen LogP contribution is -2.46. The molecule has 1 N–H and O–H groups in total. The van der Waals surface area contributed by atoms with E-state index in [1.165, 1.54) is 28.8 Å². The summed E-state index contributed by atoms with van der Waals surface area (Å²) in [6.45, 7) is 1.99. The Balaban J connectivity index is 2.36. The number of hydrogen-bond acceptors (Lipinski definition) is 4. The van der Waals surface area contributed by atoms with Crippen molar-refractivity contribution >= 4 is 46.8 Å². The number of aromatic nitrogens is 1. The Hall–Kier alpha value is -0.980. The number of amides is 1. The van der Waals surface area contributed by atoms with Gasteiger partial charge in [-0.3, -0.25) is 4.79 Å². The Morgan fingerprint density at radius 2 is 2.19 bits per heavy atom. The second-order valence-corrected chi connectivity index (χ2v) is 6.61. The molecule has 5 nitrogen and oxygen atoms in total. The number of carboxylic acids is 1. The normalized spacial score (nSPS) is 21.6. The average Bonchev–Trinajstić information content (AvgIpc) is 2.85. The van der Waals surface area contributed by atoms with Crippen LogP contribution in [-0.2, 0) is 4.79 Å². The lowest BCUT2D eigenvalue weighted by molar-refractivity contribution is -0.141. The van der Waals surface area contributed by atoms with E-state index < -0.39 is 17.9 Å². The minimum absolute atomic E-state index is 0.000908. The molecule has 8 heteroatoms. The monoisotopic (exact) mass is 348 g/mol. The molecular weight excluding hydrogens is 335 g/mol. The van der Waals surface area contributed by atoms with Gasteiger partial charge in [-0.2, -0.15) is 0 Å². The van der Waals surface area contributed by atoms with E-state index in [1.807, 2.05) is 6.92 Å². The van der Waals surface area contributed by atoms with Gasteiger partial charge < -0.3 is 10.0 Å². The van der Waals surface area contributed by atoms with Crippen LogP contribution < -0.4 is 0 Å². The second kappa shape index (κ2) is 6.85. The third-order valence-corrected chi connectivity index (χ3v) is 5.03. The van der Waals surface area contributed by atoms with Gasteiger partial charge in [0, 0.05) is 5.75 Å². The van der Waals surface area contributed by atoms with Crippen molar-refractivity contribution in [1.29, 1.82) is 0 Å². The molecule has 0 aromatic carbocycles. The highest BCUT2D eigenvalue weighted by atomic mass is 35.5. The van der Waals surface area contributed by atoms with Crippen molar-refractivity contribution in [2.45, 2.75) is 31.2 Å². The summed E-state index contributed by atoms with van der Waals surface area (Å²) in [6, 6.07) is 2.10. The summed E-state index contributed by atoms with van der Waals surface area (Å²) in [7, 11) is 0. The molecule has 1 saturated heterocycles. The lowest BCUT2D eigenvalue weighted by atomic mass is 10.2. The summed E-state index contributed by atoms with van der Waals surface area (Å²) in [5.74, 6) is -1.14. The van der Waals surface area contributed by atoms with Crippen LogP contribution >= 0.6 is 35.0 Å². The van der Waals surface area contributed by atoms with E-state index in [4.69, 9.17) is 23.2 Å². The Bertz CT molecular complexity index is 570. The summed E-state index contributed by atoms with van der Waals surface area (Å²) >= 11 is 13.3. The first-order valence-electron chi connectivity index (χ1n) is 6.44. The fraction of sp³-hybridized carbons (Fsp3) is 0.462. The SMILES string of the molecule is CCCC1SCC(C(=O)O)N1C(=O)c1nc(Cl)ccc1Cl. The number of nitrogens with zero attached hydrogens (tertiary/aromatic N) is 2. The van der Waals surface area contributed by atoms with Crippen LogP contribution in [0.2, 0.25) is 10.2 Å².